The molecule has 0 saturated carbocycles. The number of benzene rings is 1. The Morgan fingerprint density at radius 2 is 2.00 bits per heavy atom. The van der Waals surface area contributed by atoms with Crippen LogP contribution in [0.4, 0.5) is 0 Å². The third kappa shape index (κ3) is 3.85. The average molecular weight is 409 g/mol. The summed E-state index contributed by atoms with van der Waals surface area (Å²) < 4.78 is 27.5. The van der Waals surface area contributed by atoms with Gasteiger partial charge < -0.3 is 5.32 Å². The van der Waals surface area contributed by atoms with Gasteiger partial charge in [0.15, 0.2) is 0 Å². The zero-order valence-corrected chi connectivity index (χ0v) is 15.7. The Labute approximate surface area is 157 Å². The van der Waals surface area contributed by atoms with E-state index in [1.54, 1.807) is 18.5 Å². The lowest BCUT2D eigenvalue weighted by Crippen LogP contribution is -2.48. The van der Waals surface area contributed by atoms with Crippen LogP contribution in [0.3, 0.4) is 0 Å². The van der Waals surface area contributed by atoms with Crippen molar-refractivity contribution < 1.29 is 8.42 Å². The van der Waals surface area contributed by atoms with Crippen LogP contribution in [0.2, 0.25) is 10.0 Å². The predicted molar refractivity (Wildman–Crippen MR) is 97.4 cm³/mol. The number of nitrogens with zero attached hydrogens (tertiary/aromatic N) is 2. The van der Waals surface area contributed by atoms with Crippen molar-refractivity contribution in [3.63, 3.8) is 0 Å². The van der Waals surface area contributed by atoms with Crippen molar-refractivity contribution in [1.29, 1.82) is 0 Å². The highest BCUT2D eigenvalue weighted by Crippen LogP contribution is 2.31. The standard InChI is InChI=1S/C15H15Cl2N3O2S.ClH/c16-13-4-3-12(8-14(13)17)23(21,22)20-7-6-19-10-15(20)11-2-1-5-18-9-11;/h1-5,8-9,15,19H,6-7,10H2;1H. The maximum Gasteiger partial charge on any atom is 0.243 e. The van der Waals surface area contributed by atoms with E-state index in [-0.39, 0.29) is 28.4 Å². The van der Waals surface area contributed by atoms with Gasteiger partial charge in [-0.2, -0.15) is 4.31 Å². The van der Waals surface area contributed by atoms with E-state index >= 15 is 0 Å². The van der Waals surface area contributed by atoms with Crippen molar-refractivity contribution in [3.8, 4) is 0 Å². The van der Waals surface area contributed by atoms with Crippen LogP contribution in [0.25, 0.3) is 0 Å². The second-order valence-electron chi connectivity index (χ2n) is 5.20. The fourth-order valence-corrected chi connectivity index (χ4v) is 4.61. The Morgan fingerprint density at radius 3 is 2.67 bits per heavy atom. The molecular weight excluding hydrogens is 393 g/mol. The number of pyridine rings is 1. The number of sulfonamides is 1. The van der Waals surface area contributed by atoms with Crippen LogP contribution in [0.15, 0.2) is 47.6 Å². The quantitative estimate of drug-likeness (QED) is 0.847. The van der Waals surface area contributed by atoms with Crippen molar-refractivity contribution in [3.05, 3.63) is 58.3 Å². The number of aromatic nitrogens is 1. The van der Waals surface area contributed by atoms with E-state index in [4.69, 9.17) is 23.2 Å². The minimum atomic E-state index is -3.68. The zero-order valence-electron chi connectivity index (χ0n) is 12.5. The zero-order chi connectivity index (χ0) is 16.4. The molecule has 1 aliphatic heterocycles. The van der Waals surface area contributed by atoms with Gasteiger partial charge in [-0.3, -0.25) is 4.98 Å². The van der Waals surface area contributed by atoms with E-state index < -0.39 is 10.0 Å². The molecular formula is C15H16Cl3N3O2S. The number of halogens is 3. The van der Waals surface area contributed by atoms with Gasteiger partial charge in [0.2, 0.25) is 10.0 Å². The highest BCUT2D eigenvalue weighted by Gasteiger charge is 2.34. The predicted octanol–water partition coefficient (Wildman–Crippen LogP) is 3.15. The molecule has 1 atom stereocenters. The molecule has 0 radical (unpaired) electrons. The second-order valence-corrected chi connectivity index (χ2v) is 7.90. The summed E-state index contributed by atoms with van der Waals surface area (Å²) in [5, 5.41) is 3.78. The Morgan fingerprint density at radius 1 is 1.21 bits per heavy atom. The summed E-state index contributed by atoms with van der Waals surface area (Å²) in [7, 11) is -3.68. The molecule has 5 nitrogen and oxygen atoms in total. The van der Waals surface area contributed by atoms with Gasteiger partial charge in [0.25, 0.3) is 0 Å². The van der Waals surface area contributed by atoms with Crippen LogP contribution < -0.4 is 5.32 Å². The summed E-state index contributed by atoms with van der Waals surface area (Å²) in [5.41, 5.74) is 0.850. The molecule has 1 fully saturated rings. The van der Waals surface area contributed by atoms with Gasteiger partial charge in [-0.05, 0) is 29.8 Å². The summed E-state index contributed by atoms with van der Waals surface area (Å²) in [4.78, 5) is 4.23. The third-order valence-corrected chi connectivity index (χ3v) is 6.40. The van der Waals surface area contributed by atoms with E-state index in [0.29, 0.717) is 24.7 Å². The molecule has 1 N–H and O–H groups in total. The largest absolute Gasteiger partial charge is 0.313 e. The SMILES string of the molecule is Cl.O=S(=O)(c1ccc(Cl)c(Cl)c1)N1CCNCC1c1cccnc1. The second kappa shape index (κ2) is 7.99. The van der Waals surface area contributed by atoms with E-state index in [9.17, 15) is 8.42 Å². The first-order valence-electron chi connectivity index (χ1n) is 7.07. The fourth-order valence-electron chi connectivity index (χ4n) is 2.60. The van der Waals surface area contributed by atoms with Crippen molar-refractivity contribution in [2.24, 2.45) is 0 Å². The minimum absolute atomic E-state index is 0. The molecule has 0 bridgehead atoms. The molecule has 0 amide bonds. The molecule has 1 aromatic heterocycles. The van der Waals surface area contributed by atoms with Gasteiger partial charge in [-0.1, -0.05) is 29.3 Å². The van der Waals surface area contributed by atoms with Gasteiger partial charge in [-0.25, -0.2) is 8.42 Å². The van der Waals surface area contributed by atoms with Gasteiger partial charge in [0, 0.05) is 32.0 Å². The summed E-state index contributed by atoms with van der Waals surface area (Å²) in [5.74, 6) is 0. The summed E-state index contributed by atoms with van der Waals surface area (Å²) in [6.45, 7) is 1.51. The fraction of sp³-hybridized carbons (Fsp3) is 0.267. The molecule has 130 valence electrons. The highest BCUT2D eigenvalue weighted by atomic mass is 35.5. The molecule has 1 aliphatic rings. The lowest BCUT2D eigenvalue weighted by atomic mass is 10.1. The van der Waals surface area contributed by atoms with Crippen molar-refractivity contribution >= 4 is 45.6 Å². The lowest BCUT2D eigenvalue weighted by Gasteiger charge is -2.35. The van der Waals surface area contributed by atoms with Gasteiger partial charge in [0.05, 0.1) is 21.0 Å². The first-order valence-corrected chi connectivity index (χ1v) is 9.27. The number of nitrogens with one attached hydrogen (secondary N) is 1. The molecule has 0 spiro atoms. The normalized spacial score (nSPS) is 18.8. The molecule has 2 aromatic rings. The first kappa shape index (κ1) is 19.4. The Kier molecular flexibility index (Phi) is 6.47. The lowest BCUT2D eigenvalue weighted by molar-refractivity contribution is 0.271. The van der Waals surface area contributed by atoms with E-state index in [2.05, 4.69) is 10.3 Å². The van der Waals surface area contributed by atoms with Crippen LogP contribution in [-0.2, 0) is 10.0 Å². The smallest absolute Gasteiger partial charge is 0.243 e. The van der Waals surface area contributed by atoms with Crippen LogP contribution in [-0.4, -0.2) is 37.3 Å². The first-order chi connectivity index (χ1) is 11.0. The topological polar surface area (TPSA) is 62.3 Å². The van der Waals surface area contributed by atoms with Crippen LogP contribution in [0.1, 0.15) is 11.6 Å². The van der Waals surface area contributed by atoms with Gasteiger partial charge in [0.1, 0.15) is 0 Å². The maximum absolute atomic E-state index is 13.0. The number of hydrogen-bond donors (Lipinski definition) is 1. The molecule has 2 heterocycles. The molecule has 24 heavy (non-hydrogen) atoms. The molecule has 9 heteroatoms. The molecule has 1 unspecified atom stereocenters. The Bertz CT molecular complexity index is 803. The number of piperazine rings is 1. The highest BCUT2D eigenvalue weighted by molar-refractivity contribution is 7.89. The minimum Gasteiger partial charge on any atom is -0.313 e. The van der Waals surface area contributed by atoms with Crippen molar-refractivity contribution in [2.75, 3.05) is 19.6 Å². The monoisotopic (exact) mass is 407 g/mol. The average Bonchev–Trinajstić information content (AvgIpc) is 2.58. The van der Waals surface area contributed by atoms with E-state index in [0.717, 1.165) is 5.56 Å². The van der Waals surface area contributed by atoms with Gasteiger partial charge >= 0.3 is 0 Å². The van der Waals surface area contributed by atoms with Crippen LogP contribution in [0.5, 0.6) is 0 Å². The van der Waals surface area contributed by atoms with Gasteiger partial charge in [-0.15, -0.1) is 12.4 Å². The number of rotatable bonds is 3. The molecule has 0 aliphatic carbocycles. The Hall–Kier alpha value is -0.890. The van der Waals surface area contributed by atoms with E-state index in [1.807, 2.05) is 6.07 Å². The van der Waals surface area contributed by atoms with Crippen molar-refractivity contribution in [1.82, 2.24) is 14.6 Å². The van der Waals surface area contributed by atoms with Crippen molar-refractivity contribution in [2.45, 2.75) is 10.9 Å². The Balaban J connectivity index is 0.00000208. The summed E-state index contributed by atoms with van der Waals surface area (Å²) in [6, 6.07) is 7.73. The molecule has 3 rings (SSSR count). The maximum atomic E-state index is 13.0. The van der Waals surface area contributed by atoms with Crippen LogP contribution >= 0.6 is 35.6 Å². The molecule has 1 aromatic carbocycles. The summed E-state index contributed by atoms with van der Waals surface area (Å²) >= 11 is 11.9. The number of hydrogen-bond acceptors (Lipinski definition) is 4. The van der Waals surface area contributed by atoms with Crippen LogP contribution in [0, 0.1) is 0 Å². The summed E-state index contributed by atoms with van der Waals surface area (Å²) in [6.07, 6.45) is 3.35. The van der Waals surface area contributed by atoms with E-state index in [1.165, 1.54) is 22.5 Å². The molecule has 1 saturated heterocycles. The third-order valence-electron chi connectivity index (χ3n) is 3.76.